The van der Waals surface area contributed by atoms with Crippen molar-refractivity contribution in [2.24, 2.45) is 0 Å². The van der Waals surface area contributed by atoms with Gasteiger partial charge >= 0.3 is 0 Å². The van der Waals surface area contributed by atoms with Crippen LogP contribution in [-0.4, -0.2) is 70.6 Å². The van der Waals surface area contributed by atoms with Crippen LogP contribution in [0.4, 0.5) is 0 Å². The third-order valence-corrected chi connectivity index (χ3v) is 5.75. The van der Waals surface area contributed by atoms with Gasteiger partial charge in [0, 0.05) is 39.1 Å². The Morgan fingerprint density at radius 3 is 2.56 bits per heavy atom. The van der Waals surface area contributed by atoms with E-state index in [1.165, 1.54) is 11.8 Å². The summed E-state index contributed by atoms with van der Waals surface area (Å²) in [7, 11) is 2.06. The number of hydrogen-bond acceptors (Lipinski definition) is 5. The molecule has 0 bridgehead atoms. The van der Waals surface area contributed by atoms with E-state index in [2.05, 4.69) is 11.9 Å². The Bertz CT molecular complexity index is 698. The number of thioether (sulfide) groups is 1. The normalized spacial score (nSPS) is 20.6. The Hall–Kier alpha value is -1.70. The molecule has 0 saturated carbocycles. The van der Waals surface area contributed by atoms with Crippen molar-refractivity contribution >= 4 is 46.2 Å². The summed E-state index contributed by atoms with van der Waals surface area (Å²) >= 11 is 6.63. The van der Waals surface area contributed by atoms with E-state index in [-0.39, 0.29) is 11.8 Å². The SMILES string of the molecule is CN1CCN(C(=O)CCN2C(=O)/C(=C\c3ccccc3)SC2=S)CC1. The number of nitrogens with zero attached hydrogens (tertiary/aromatic N) is 3. The van der Waals surface area contributed by atoms with Gasteiger partial charge < -0.3 is 9.80 Å². The van der Waals surface area contributed by atoms with Gasteiger partial charge in [0.25, 0.3) is 5.91 Å². The molecule has 0 atom stereocenters. The Morgan fingerprint density at radius 1 is 1.20 bits per heavy atom. The highest BCUT2D eigenvalue weighted by Gasteiger charge is 2.32. The molecule has 2 fully saturated rings. The fourth-order valence-corrected chi connectivity index (χ4v) is 4.12. The van der Waals surface area contributed by atoms with Crippen LogP contribution < -0.4 is 0 Å². The fourth-order valence-electron chi connectivity index (χ4n) is 2.81. The van der Waals surface area contributed by atoms with E-state index in [4.69, 9.17) is 12.2 Å². The number of hydrogen-bond donors (Lipinski definition) is 0. The van der Waals surface area contributed by atoms with Crippen LogP contribution in [0.15, 0.2) is 35.2 Å². The molecule has 0 unspecified atom stereocenters. The van der Waals surface area contributed by atoms with Crippen LogP contribution >= 0.6 is 24.0 Å². The lowest BCUT2D eigenvalue weighted by Gasteiger charge is -2.32. The quantitative estimate of drug-likeness (QED) is 0.595. The molecule has 25 heavy (non-hydrogen) atoms. The first kappa shape index (κ1) is 18.1. The van der Waals surface area contributed by atoms with Crippen LogP contribution in [-0.2, 0) is 9.59 Å². The Morgan fingerprint density at radius 2 is 1.88 bits per heavy atom. The van der Waals surface area contributed by atoms with Crippen molar-refractivity contribution in [3.63, 3.8) is 0 Å². The van der Waals surface area contributed by atoms with Crippen molar-refractivity contribution in [2.75, 3.05) is 39.8 Å². The molecule has 132 valence electrons. The summed E-state index contributed by atoms with van der Waals surface area (Å²) in [6.45, 7) is 3.64. The Kier molecular flexibility index (Phi) is 5.88. The molecule has 0 spiro atoms. The lowest BCUT2D eigenvalue weighted by Crippen LogP contribution is -2.47. The van der Waals surface area contributed by atoms with Crippen molar-refractivity contribution in [3.8, 4) is 0 Å². The average molecular weight is 376 g/mol. The van der Waals surface area contributed by atoms with Crippen molar-refractivity contribution < 1.29 is 9.59 Å². The summed E-state index contributed by atoms with van der Waals surface area (Å²) in [4.78, 5) is 31.2. The second-order valence-corrected chi connectivity index (χ2v) is 7.85. The predicted octanol–water partition coefficient (Wildman–Crippen LogP) is 2.05. The minimum Gasteiger partial charge on any atom is -0.340 e. The predicted molar refractivity (Wildman–Crippen MR) is 105 cm³/mol. The molecule has 2 saturated heterocycles. The molecule has 7 heteroatoms. The number of piperazine rings is 1. The van der Waals surface area contributed by atoms with Crippen LogP contribution in [0.2, 0.25) is 0 Å². The number of carbonyl (C=O) groups is 2. The van der Waals surface area contributed by atoms with E-state index in [9.17, 15) is 9.59 Å². The highest BCUT2D eigenvalue weighted by Crippen LogP contribution is 2.32. The van der Waals surface area contributed by atoms with E-state index < -0.39 is 0 Å². The van der Waals surface area contributed by atoms with Gasteiger partial charge in [-0.05, 0) is 18.7 Å². The van der Waals surface area contributed by atoms with Crippen LogP contribution in [0.25, 0.3) is 6.08 Å². The summed E-state index contributed by atoms with van der Waals surface area (Å²) in [5, 5.41) is 0. The van der Waals surface area contributed by atoms with Gasteiger partial charge in [0.15, 0.2) is 0 Å². The maximum Gasteiger partial charge on any atom is 0.266 e. The van der Waals surface area contributed by atoms with E-state index in [0.717, 1.165) is 31.7 Å². The maximum atomic E-state index is 12.6. The maximum absolute atomic E-state index is 12.6. The smallest absolute Gasteiger partial charge is 0.266 e. The summed E-state index contributed by atoms with van der Waals surface area (Å²) in [6, 6.07) is 9.70. The molecule has 2 aliphatic rings. The molecule has 0 aliphatic carbocycles. The lowest BCUT2D eigenvalue weighted by molar-refractivity contribution is -0.133. The van der Waals surface area contributed by atoms with Crippen molar-refractivity contribution in [2.45, 2.75) is 6.42 Å². The number of likely N-dealkylation sites (N-methyl/N-ethyl adjacent to an activating group) is 1. The van der Waals surface area contributed by atoms with Crippen molar-refractivity contribution in [1.29, 1.82) is 0 Å². The van der Waals surface area contributed by atoms with Crippen LogP contribution in [0, 0.1) is 0 Å². The highest BCUT2D eigenvalue weighted by molar-refractivity contribution is 8.26. The van der Waals surface area contributed by atoms with Gasteiger partial charge in [0.2, 0.25) is 5.91 Å². The highest BCUT2D eigenvalue weighted by atomic mass is 32.2. The number of thiocarbonyl (C=S) groups is 1. The summed E-state index contributed by atoms with van der Waals surface area (Å²) < 4.78 is 0.526. The standard InChI is InChI=1S/C18H21N3O2S2/c1-19-9-11-20(12-10-19)16(22)7-8-21-17(23)15(25-18(21)24)13-14-5-3-2-4-6-14/h2-6,13H,7-12H2,1H3/b15-13+. The molecular formula is C18H21N3O2S2. The number of benzene rings is 1. The van der Waals surface area contributed by atoms with E-state index in [1.54, 1.807) is 4.90 Å². The molecule has 2 amide bonds. The van der Waals surface area contributed by atoms with Crippen LogP contribution in [0.1, 0.15) is 12.0 Å². The number of rotatable bonds is 4. The van der Waals surface area contributed by atoms with Gasteiger partial charge in [0.1, 0.15) is 4.32 Å². The molecule has 0 N–H and O–H groups in total. The van der Waals surface area contributed by atoms with Gasteiger partial charge in [-0.25, -0.2) is 0 Å². The zero-order valence-corrected chi connectivity index (χ0v) is 15.8. The molecule has 2 aliphatic heterocycles. The molecule has 0 radical (unpaired) electrons. The van der Waals surface area contributed by atoms with Gasteiger partial charge in [0.05, 0.1) is 4.91 Å². The third kappa shape index (κ3) is 4.48. The molecule has 2 heterocycles. The first-order chi connectivity index (χ1) is 12.0. The minimum absolute atomic E-state index is 0.0918. The van der Waals surface area contributed by atoms with E-state index >= 15 is 0 Å². The Labute approximate surface area is 157 Å². The topological polar surface area (TPSA) is 43.9 Å². The molecule has 1 aromatic carbocycles. The zero-order chi connectivity index (χ0) is 17.8. The van der Waals surface area contributed by atoms with Crippen molar-refractivity contribution in [1.82, 2.24) is 14.7 Å². The molecular weight excluding hydrogens is 354 g/mol. The summed E-state index contributed by atoms with van der Waals surface area (Å²) in [6.07, 6.45) is 2.16. The Balaban J connectivity index is 1.58. The molecule has 5 nitrogen and oxygen atoms in total. The molecule has 1 aromatic rings. The first-order valence-electron chi connectivity index (χ1n) is 8.31. The summed E-state index contributed by atoms with van der Waals surface area (Å²) in [5.74, 6) is -0.0146. The number of carbonyl (C=O) groups excluding carboxylic acids is 2. The molecule has 3 rings (SSSR count). The minimum atomic E-state index is -0.106. The van der Waals surface area contributed by atoms with Gasteiger partial charge in [-0.3, -0.25) is 14.5 Å². The van der Waals surface area contributed by atoms with Gasteiger partial charge in [-0.15, -0.1) is 0 Å². The van der Waals surface area contributed by atoms with Gasteiger partial charge in [-0.1, -0.05) is 54.3 Å². The second kappa shape index (κ2) is 8.12. The zero-order valence-electron chi connectivity index (χ0n) is 14.2. The monoisotopic (exact) mass is 375 g/mol. The largest absolute Gasteiger partial charge is 0.340 e. The second-order valence-electron chi connectivity index (χ2n) is 6.18. The van der Waals surface area contributed by atoms with E-state index in [1.807, 2.05) is 41.3 Å². The summed E-state index contributed by atoms with van der Waals surface area (Å²) in [5.41, 5.74) is 0.969. The molecule has 0 aromatic heterocycles. The lowest BCUT2D eigenvalue weighted by atomic mass is 10.2. The first-order valence-corrected chi connectivity index (χ1v) is 9.54. The third-order valence-electron chi connectivity index (χ3n) is 4.38. The fraction of sp³-hybridized carbons (Fsp3) is 0.389. The average Bonchev–Trinajstić information content (AvgIpc) is 2.88. The van der Waals surface area contributed by atoms with Gasteiger partial charge in [-0.2, -0.15) is 0 Å². The number of amides is 2. The van der Waals surface area contributed by atoms with Crippen molar-refractivity contribution in [3.05, 3.63) is 40.8 Å². The van der Waals surface area contributed by atoms with E-state index in [0.29, 0.717) is 22.2 Å². The van der Waals surface area contributed by atoms with Crippen LogP contribution in [0.3, 0.4) is 0 Å². The van der Waals surface area contributed by atoms with Crippen LogP contribution in [0.5, 0.6) is 0 Å².